The van der Waals surface area contributed by atoms with Crippen molar-refractivity contribution in [3.8, 4) is 0 Å². The Morgan fingerprint density at radius 1 is 1.41 bits per heavy atom. The molecule has 22 heavy (non-hydrogen) atoms. The van der Waals surface area contributed by atoms with Crippen LogP contribution in [0.3, 0.4) is 0 Å². The molecule has 3 heterocycles. The number of aryl methyl sites for hydroxylation is 1. The third kappa shape index (κ3) is 3.56. The average molecular weight is 306 g/mol. The van der Waals surface area contributed by atoms with Crippen LogP contribution in [0, 0.1) is 6.92 Å². The Balaban J connectivity index is 1.63. The van der Waals surface area contributed by atoms with Crippen LogP contribution in [-0.2, 0) is 11.3 Å². The molecule has 0 radical (unpaired) electrons. The van der Waals surface area contributed by atoms with Crippen molar-refractivity contribution in [2.24, 2.45) is 0 Å². The van der Waals surface area contributed by atoms with E-state index in [9.17, 15) is 4.79 Å². The van der Waals surface area contributed by atoms with Crippen LogP contribution in [0.4, 0.5) is 0 Å². The van der Waals surface area contributed by atoms with E-state index in [-0.39, 0.29) is 5.56 Å². The lowest BCUT2D eigenvalue weighted by atomic mass is 10.0. The van der Waals surface area contributed by atoms with E-state index in [1.165, 1.54) is 12.8 Å². The fourth-order valence-electron chi connectivity index (χ4n) is 3.68. The van der Waals surface area contributed by atoms with E-state index in [1.807, 2.05) is 6.92 Å². The van der Waals surface area contributed by atoms with Gasteiger partial charge in [0.15, 0.2) is 0 Å². The van der Waals surface area contributed by atoms with Crippen molar-refractivity contribution in [1.82, 2.24) is 19.8 Å². The summed E-state index contributed by atoms with van der Waals surface area (Å²) in [7, 11) is 0. The predicted molar refractivity (Wildman–Crippen MR) is 84.9 cm³/mol. The average Bonchev–Trinajstić information content (AvgIpc) is 2.46. The molecule has 0 saturated carbocycles. The molecule has 0 amide bonds. The number of nitrogens with one attached hydrogen (secondary N) is 1. The van der Waals surface area contributed by atoms with Gasteiger partial charge in [-0.25, -0.2) is 4.98 Å². The maximum atomic E-state index is 11.6. The van der Waals surface area contributed by atoms with Crippen molar-refractivity contribution in [2.75, 3.05) is 32.8 Å². The van der Waals surface area contributed by atoms with Crippen LogP contribution < -0.4 is 5.56 Å². The third-order valence-corrected chi connectivity index (χ3v) is 4.62. The van der Waals surface area contributed by atoms with E-state index >= 15 is 0 Å². The zero-order valence-electron chi connectivity index (χ0n) is 13.5. The maximum Gasteiger partial charge on any atom is 0.251 e. The summed E-state index contributed by atoms with van der Waals surface area (Å²) in [5.74, 6) is 0.685. The molecule has 2 aliphatic heterocycles. The summed E-state index contributed by atoms with van der Waals surface area (Å²) in [6.45, 7) is 9.61. The molecule has 122 valence electrons. The second-order valence-corrected chi connectivity index (χ2v) is 6.43. The Hall–Kier alpha value is -1.24. The Bertz CT molecular complexity index is 557. The Kier molecular flexibility index (Phi) is 4.90. The smallest absolute Gasteiger partial charge is 0.251 e. The number of aromatic nitrogens is 2. The molecular weight excluding hydrogens is 280 g/mol. The largest absolute Gasteiger partial charge is 0.378 e. The number of nitrogens with zero attached hydrogens (tertiary/aromatic N) is 3. The first-order valence-corrected chi connectivity index (χ1v) is 8.28. The van der Waals surface area contributed by atoms with E-state index < -0.39 is 0 Å². The molecular formula is C16H26N4O2. The number of hydrogen-bond acceptors (Lipinski definition) is 5. The summed E-state index contributed by atoms with van der Waals surface area (Å²) in [5.41, 5.74) is 0.793. The van der Waals surface area contributed by atoms with Gasteiger partial charge in [0, 0.05) is 44.3 Å². The summed E-state index contributed by atoms with van der Waals surface area (Å²) in [6, 6.07) is 2.66. The lowest BCUT2D eigenvalue weighted by Crippen LogP contribution is -2.61. The lowest BCUT2D eigenvalue weighted by molar-refractivity contribution is -0.0842. The van der Waals surface area contributed by atoms with Crippen molar-refractivity contribution >= 4 is 0 Å². The Morgan fingerprint density at radius 3 is 3.05 bits per heavy atom. The summed E-state index contributed by atoms with van der Waals surface area (Å²) in [4.78, 5) is 23.7. The Labute approximate surface area is 131 Å². The molecule has 0 aromatic carbocycles. The normalized spacial score (nSPS) is 26.8. The first-order chi connectivity index (χ1) is 10.7. The van der Waals surface area contributed by atoms with Gasteiger partial charge in [-0.15, -0.1) is 0 Å². The molecule has 1 N–H and O–H groups in total. The second-order valence-electron chi connectivity index (χ2n) is 6.43. The molecule has 0 unspecified atom stereocenters. The third-order valence-electron chi connectivity index (χ3n) is 4.62. The highest BCUT2D eigenvalue weighted by Crippen LogP contribution is 2.22. The minimum absolute atomic E-state index is 0.0647. The van der Waals surface area contributed by atoms with Crippen molar-refractivity contribution in [1.29, 1.82) is 0 Å². The number of aromatic amines is 1. The van der Waals surface area contributed by atoms with Gasteiger partial charge < -0.3 is 9.72 Å². The summed E-state index contributed by atoms with van der Waals surface area (Å²) >= 11 is 0. The van der Waals surface area contributed by atoms with Crippen molar-refractivity contribution in [3.05, 3.63) is 27.9 Å². The zero-order valence-corrected chi connectivity index (χ0v) is 13.5. The van der Waals surface area contributed by atoms with E-state index in [0.29, 0.717) is 17.9 Å². The van der Waals surface area contributed by atoms with Crippen LogP contribution in [-0.4, -0.2) is 64.7 Å². The van der Waals surface area contributed by atoms with Gasteiger partial charge in [-0.3, -0.25) is 14.6 Å². The number of rotatable bonds is 4. The number of morpholine rings is 1. The number of hydrogen-bond donors (Lipinski definition) is 1. The lowest BCUT2D eigenvalue weighted by Gasteiger charge is -2.48. The Morgan fingerprint density at radius 2 is 2.27 bits per heavy atom. The van der Waals surface area contributed by atoms with Crippen molar-refractivity contribution in [2.45, 2.75) is 45.3 Å². The fraction of sp³-hybridized carbons (Fsp3) is 0.750. The van der Waals surface area contributed by atoms with Crippen molar-refractivity contribution < 1.29 is 4.74 Å². The van der Waals surface area contributed by atoms with Gasteiger partial charge in [-0.05, 0) is 13.3 Å². The van der Waals surface area contributed by atoms with E-state index in [1.54, 1.807) is 6.07 Å². The van der Waals surface area contributed by atoms with Gasteiger partial charge in [0.1, 0.15) is 5.82 Å². The molecule has 6 nitrogen and oxygen atoms in total. The molecule has 1 aromatic rings. The minimum atomic E-state index is -0.0647. The van der Waals surface area contributed by atoms with Crippen LogP contribution in [0.2, 0.25) is 0 Å². The fourth-order valence-corrected chi connectivity index (χ4v) is 3.68. The van der Waals surface area contributed by atoms with Gasteiger partial charge in [0.25, 0.3) is 5.56 Å². The molecule has 0 aliphatic carbocycles. The van der Waals surface area contributed by atoms with E-state index in [0.717, 1.165) is 45.1 Å². The summed E-state index contributed by atoms with van der Waals surface area (Å²) in [6.07, 6.45) is 2.42. The molecule has 2 aliphatic rings. The highest BCUT2D eigenvalue weighted by atomic mass is 16.5. The topological polar surface area (TPSA) is 61.5 Å². The SMILES string of the molecule is CCC[C@H]1COC[C@H]2CN(Cc3cc(=O)[nH]c(C)n3)CCN12. The van der Waals surface area contributed by atoms with Gasteiger partial charge >= 0.3 is 0 Å². The number of piperazine rings is 1. The molecule has 3 rings (SSSR count). The molecule has 2 fully saturated rings. The standard InChI is InChI=1S/C16H26N4O2/c1-3-4-14-10-22-11-15-9-19(5-6-20(14)15)8-13-7-16(21)18-12(2)17-13/h7,14-15H,3-6,8-11H2,1-2H3,(H,17,18,21)/t14-,15+/m0/s1. The monoisotopic (exact) mass is 306 g/mol. The first kappa shape index (κ1) is 15.6. The predicted octanol–water partition coefficient (Wildman–Crippen LogP) is 0.763. The van der Waals surface area contributed by atoms with Crippen LogP contribution in [0.25, 0.3) is 0 Å². The quantitative estimate of drug-likeness (QED) is 0.890. The molecule has 2 saturated heterocycles. The minimum Gasteiger partial charge on any atom is -0.378 e. The van der Waals surface area contributed by atoms with Crippen LogP contribution in [0.15, 0.2) is 10.9 Å². The number of fused-ring (bicyclic) bond motifs is 1. The molecule has 0 bridgehead atoms. The number of H-pyrrole nitrogens is 1. The first-order valence-electron chi connectivity index (χ1n) is 8.28. The molecule has 2 atom stereocenters. The molecule has 1 aromatic heterocycles. The second kappa shape index (κ2) is 6.89. The highest BCUT2D eigenvalue weighted by molar-refractivity contribution is 5.03. The molecule has 0 spiro atoms. The maximum absolute atomic E-state index is 11.6. The van der Waals surface area contributed by atoms with E-state index in [4.69, 9.17) is 4.74 Å². The summed E-state index contributed by atoms with van der Waals surface area (Å²) in [5, 5.41) is 0. The van der Waals surface area contributed by atoms with Gasteiger partial charge in [0.05, 0.1) is 18.9 Å². The number of ether oxygens (including phenoxy) is 1. The van der Waals surface area contributed by atoms with Crippen molar-refractivity contribution in [3.63, 3.8) is 0 Å². The zero-order chi connectivity index (χ0) is 15.5. The van der Waals surface area contributed by atoms with Crippen LogP contribution in [0.5, 0.6) is 0 Å². The van der Waals surface area contributed by atoms with Gasteiger partial charge in [-0.2, -0.15) is 0 Å². The van der Waals surface area contributed by atoms with Gasteiger partial charge in [-0.1, -0.05) is 13.3 Å². The van der Waals surface area contributed by atoms with E-state index in [2.05, 4.69) is 26.7 Å². The molecule has 6 heteroatoms. The highest BCUT2D eigenvalue weighted by Gasteiger charge is 2.35. The van der Waals surface area contributed by atoms with Crippen LogP contribution >= 0.6 is 0 Å². The summed E-state index contributed by atoms with van der Waals surface area (Å²) < 4.78 is 5.80. The van der Waals surface area contributed by atoms with Crippen LogP contribution in [0.1, 0.15) is 31.3 Å². The van der Waals surface area contributed by atoms with Gasteiger partial charge in [0.2, 0.25) is 0 Å².